The molecule has 1 unspecified atom stereocenters. The van der Waals surface area contributed by atoms with Gasteiger partial charge in [0, 0.05) is 35.6 Å². The summed E-state index contributed by atoms with van der Waals surface area (Å²) in [7, 11) is 0. The molecule has 0 aromatic heterocycles. The molecule has 0 spiro atoms. The van der Waals surface area contributed by atoms with Crippen molar-refractivity contribution >= 4 is 23.4 Å². The number of hydrogen-bond donors (Lipinski definition) is 1. The molecule has 0 radical (unpaired) electrons. The van der Waals surface area contributed by atoms with Gasteiger partial charge in [-0.2, -0.15) is 0 Å². The highest BCUT2D eigenvalue weighted by Crippen LogP contribution is 2.35. The van der Waals surface area contributed by atoms with E-state index in [1.54, 1.807) is 6.07 Å². The summed E-state index contributed by atoms with van der Waals surface area (Å²) in [5, 5.41) is 3.65. The van der Waals surface area contributed by atoms with Crippen molar-refractivity contribution in [3.05, 3.63) is 64.2 Å². The van der Waals surface area contributed by atoms with E-state index >= 15 is 0 Å². The van der Waals surface area contributed by atoms with Crippen molar-refractivity contribution in [2.45, 2.75) is 56.8 Å². The highest BCUT2D eigenvalue weighted by Gasteiger charge is 2.39. The summed E-state index contributed by atoms with van der Waals surface area (Å²) in [5.74, 6) is 0.745. The number of hydrogen-bond acceptors (Lipinski definition) is 3. The predicted octanol–water partition coefficient (Wildman–Crippen LogP) is 3.73. The maximum Gasteiger partial charge on any atom is 0.264 e. The van der Waals surface area contributed by atoms with E-state index in [4.69, 9.17) is 16.3 Å². The Hall–Kier alpha value is -2.53. The van der Waals surface area contributed by atoms with Gasteiger partial charge in [0.05, 0.1) is 0 Å². The van der Waals surface area contributed by atoms with Gasteiger partial charge in [0.15, 0.2) is 6.10 Å². The number of nitrogens with zero attached hydrogens (tertiary/aromatic N) is 1. The lowest BCUT2D eigenvalue weighted by molar-refractivity contribution is -0.139. The topological polar surface area (TPSA) is 58.6 Å². The van der Waals surface area contributed by atoms with Crippen molar-refractivity contribution in [2.24, 2.45) is 0 Å². The molecule has 1 atom stereocenters. The summed E-state index contributed by atoms with van der Waals surface area (Å²) in [6.45, 7) is 0.533. The molecule has 2 amide bonds. The van der Waals surface area contributed by atoms with Crippen molar-refractivity contribution in [1.29, 1.82) is 0 Å². The van der Waals surface area contributed by atoms with Gasteiger partial charge < -0.3 is 15.0 Å². The van der Waals surface area contributed by atoms with Crippen molar-refractivity contribution in [3.8, 4) is 5.75 Å². The van der Waals surface area contributed by atoms with E-state index in [2.05, 4.69) is 5.32 Å². The van der Waals surface area contributed by atoms with Crippen molar-refractivity contribution in [2.75, 3.05) is 0 Å². The second kappa shape index (κ2) is 7.38. The molecule has 6 heteroatoms. The molecule has 0 saturated heterocycles. The summed E-state index contributed by atoms with van der Waals surface area (Å²) < 4.78 is 5.91. The lowest BCUT2D eigenvalue weighted by Crippen LogP contribution is -2.42. The molecule has 0 bridgehead atoms. The lowest BCUT2D eigenvalue weighted by Gasteiger charge is -2.25. The molecule has 2 aliphatic carbocycles. The fourth-order valence-corrected chi connectivity index (χ4v) is 3.96. The molecular formula is C23H23ClN2O3. The van der Waals surface area contributed by atoms with Crippen molar-refractivity contribution in [3.63, 3.8) is 0 Å². The first-order valence-electron chi connectivity index (χ1n) is 10.2. The minimum atomic E-state index is -0.493. The number of carbonyl (C=O) groups excluding carboxylic acids is 2. The minimum absolute atomic E-state index is 0.0232. The van der Waals surface area contributed by atoms with Crippen LogP contribution in [0.5, 0.6) is 5.75 Å². The fraction of sp³-hybridized carbons (Fsp3) is 0.391. The summed E-state index contributed by atoms with van der Waals surface area (Å²) in [6.07, 6.45) is 4.26. The highest BCUT2D eigenvalue weighted by atomic mass is 35.5. The van der Waals surface area contributed by atoms with Crippen LogP contribution in [0.1, 0.15) is 47.2 Å². The average Bonchev–Trinajstić information content (AvgIpc) is 3.65. The van der Waals surface area contributed by atoms with Crippen LogP contribution in [0.25, 0.3) is 0 Å². The molecule has 3 aliphatic rings. The Morgan fingerprint density at radius 2 is 1.83 bits per heavy atom. The molecule has 29 heavy (non-hydrogen) atoms. The van der Waals surface area contributed by atoms with E-state index in [1.165, 1.54) is 0 Å². The van der Waals surface area contributed by atoms with Gasteiger partial charge in [0.1, 0.15) is 5.75 Å². The molecule has 1 heterocycles. The number of benzene rings is 2. The number of carbonyl (C=O) groups is 2. The van der Waals surface area contributed by atoms with Gasteiger partial charge in [0.25, 0.3) is 11.8 Å². The Kier molecular flexibility index (Phi) is 4.70. The molecule has 1 N–H and O–H groups in total. The Morgan fingerprint density at radius 1 is 1.07 bits per heavy atom. The Bertz CT molecular complexity index is 951. The minimum Gasteiger partial charge on any atom is -0.480 e. The van der Waals surface area contributed by atoms with Gasteiger partial charge in [-0.3, -0.25) is 9.59 Å². The van der Waals surface area contributed by atoms with Gasteiger partial charge in [-0.25, -0.2) is 0 Å². The monoisotopic (exact) mass is 410 g/mol. The summed E-state index contributed by atoms with van der Waals surface area (Å²) >= 11 is 6.07. The van der Waals surface area contributed by atoms with E-state index in [-0.39, 0.29) is 17.9 Å². The van der Waals surface area contributed by atoms with Crippen LogP contribution in [-0.2, 0) is 17.8 Å². The Balaban J connectivity index is 1.26. The van der Waals surface area contributed by atoms with Crippen molar-refractivity contribution in [1.82, 2.24) is 10.2 Å². The quantitative estimate of drug-likeness (QED) is 0.789. The van der Waals surface area contributed by atoms with Gasteiger partial charge in [-0.15, -0.1) is 0 Å². The maximum absolute atomic E-state index is 13.2. The Labute approximate surface area is 175 Å². The highest BCUT2D eigenvalue weighted by molar-refractivity contribution is 6.30. The first kappa shape index (κ1) is 18.5. The normalized spacial score (nSPS) is 20.0. The molecule has 2 aromatic rings. The third kappa shape index (κ3) is 4.10. The number of ether oxygens (including phenoxy) is 1. The van der Waals surface area contributed by atoms with Gasteiger partial charge in [-0.1, -0.05) is 23.7 Å². The number of halogens is 1. The molecule has 2 aromatic carbocycles. The Morgan fingerprint density at radius 3 is 2.52 bits per heavy atom. The lowest BCUT2D eigenvalue weighted by atomic mass is 10.1. The summed E-state index contributed by atoms with van der Waals surface area (Å²) in [6, 6.07) is 13.7. The van der Waals surface area contributed by atoms with Gasteiger partial charge in [-0.05, 0) is 67.1 Å². The van der Waals surface area contributed by atoms with Crippen molar-refractivity contribution < 1.29 is 14.3 Å². The zero-order valence-corrected chi connectivity index (χ0v) is 16.8. The largest absolute Gasteiger partial charge is 0.480 e. The number of nitrogens with one attached hydrogen (secondary N) is 1. The van der Waals surface area contributed by atoms with E-state index in [1.807, 2.05) is 41.3 Å². The predicted molar refractivity (Wildman–Crippen MR) is 110 cm³/mol. The van der Waals surface area contributed by atoms with Crippen LogP contribution in [0.2, 0.25) is 5.02 Å². The van der Waals surface area contributed by atoms with Crippen LogP contribution in [0.15, 0.2) is 42.5 Å². The van der Waals surface area contributed by atoms with Crippen LogP contribution in [0.3, 0.4) is 0 Å². The number of fused-ring (bicyclic) bond motifs is 1. The van der Waals surface area contributed by atoms with E-state index < -0.39 is 6.10 Å². The molecular weight excluding hydrogens is 388 g/mol. The summed E-state index contributed by atoms with van der Waals surface area (Å²) in [5.41, 5.74) is 2.67. The molecule has 5 rings (SSSR count). The number of rotatable bonds is 6. The smallest absolute Gasteiger partial charge is 0.264 e. The van der Waals surface area contributed by atoms with Gasteiger partial charge in [0.2, 0.25) is 0 Å². The zero-order valence-electron chi connectivity index (χ0n) is 16.1. The SMILES string of the molecule is O=C(NC1CC1)c1ccc(CN(C(=O)C2Cc3cc(Cl)ccc3O2)C2CC2)cc1. The van der Waals surface area contributed by atoms with E-state index in [9.17, 15) is 9.59 Å². The second-order valence-electron chi connectivity index (χ2n) is 8.20. The number of amides is 2. The molecule has 1 aliphatic heterocycles. The average molecular weight is 411 g/mol. The molecule has 2 fully saturated rings. The van der Waals surface area contributed by atoms with Crippen LogP contribution >= 0.6 is 11.6 Å². The van der Waals surface area contributed by atoms with E-state index in [0.717, 1.165) is 42.6 Å². The third-order valence-electron chi connectivity index (χ3n) is 5.72. The first-order valence-corrected chi connectivity index (χ1v) is 10.6. The third-order valence-corrected chi connectivity index (χ3v) is 5.96. The van der Waals surface area contributed by atoms with Crippen LogP contribution < -0.4 is 10.1 Å². The fourth-order valence-electron chi connectivity index (χ4n) is 3.77. The first-order chi connectivity index (χ1) is 14.1. The van der Waals surface area contributed by atoms with Crippen LogP contribution in [-0.4, -0.2) is 34.9 Å². The van der Waals surface area contributed by atoms with E-state index in [0.29, 0.717) is 29.6 Å². The van der Waals surface area contributed by atoms with Gasteiger partial charge >= 0.3 is 0 Å². The van der Waals surface area contributed by atoms with Crippen LogP contribution in [0, 0.1) is 0 Å². The molecule has 2 saturated carbocycles. The molecule has 5 nitrogen and oxygen atoms in total. The zero-order chi connectivity index (χ0) is 20.0. The second-order valence-corrected chi connectivity index (χ2v) is 8.64. The maximum atomic E-state index is 13.2. The standard InChI is InChI=1S/C23H23ClN2O3/c24-17-5-10-20-16(11-17)12-21(29-20)23(28)26(19-8-9-19)13-14-1-3-15(4-2-14)22(27)25-18-6-7-18/h1-5,10-11,18-19,21H,6-9,12-13H2,(H,25,27). The van der Waals surface area contributed by atoms with Crippen LogP contribution in [0.4, 0.5) is 0 Å². The summed E-state index contributed by atoms with van der Waals surface area (Å²) in [4.78, 5) is 27.3. The molecule has 150 valence electrons.